The second-order valence-electron chi connectivity index (χ2n) is 29.4. The Morgan fingerprint density at radius 3 is 1.68 bits per heavy atom. The molecule has 1 saturated carbocycles. The predicted octanol–water partition coefficient (Wildman–Crippen LogP) is 6.39. The van der Waals surface area contributed by atoms with Crippen molar-refractivity contribution >= 4 is 70.9 Å². The molecule has 3 aliphatic heterocycles. The maximum atomic E-state index is 15.7. The first-order valence-corrected chi connectivity index (χ1v) is 36.7. The highest BCUT2D eigenvalue weighted by Gasteiger charge is 2.51. The molecule has 3 aromatic carbocycles. The van der Waals surface area contributed by atoms with Gasteiger partial charge >= 0.3 is 12.4 Å². The van der Waals surface area contributed by atoms with E-state index in [-0.39, 0.29) is 44.2 Å². The Morgan fingerprint density at radius 2 is 1.13 bits per heavy atom. The average Bonchev–Trinajstić information content (AvgIpc) is 1.70. The Labute approximate surface area is 624 Å². The minimum Gasteiger partial charge on any atom is -0.343 e. The van der Waals surface area contributed by atoms with Crippen LogP contribution in [0.25, 0.3) is 0 Å². The average molecular weight is 1530 g/mol. The summed E-state index contributed by atoms with van der Waals surface area (Å²) in [5.41, 5.74) is -4.87. The van der Waals surface area contributed by atoms with Crippen molar-refractivity contribution in [1.82, 2.24) is 60.0 Å². The summed E-state index contributed by atoms with van der Waals surface area (Å²) < 4.78 is 114. The summed E-state index contributed by atoms with van der Waals surface area (Å²) in [4.78, 5) is 190. The van der Waals surface area contributed by atoms with Crippen LogP contribution in [0.15, 0.2) is 66.7 Å². The van der Waals surface area contributed by atoms with E-state index in [0.717, 1.165) is 72.0 Å². The third-order valence-electron chi connectivity index (χ3n) is 22.2. The Kier molecular flexibility index (Phi) is 28.9. The molecule has 3 heterocycles. The lowest BCUT2D eigenvalue weighted by molar-refractivity contribution is -0.160. The van der Waals surface area contributed by atoms with Crippen molar-refractivity contribution in [2.45, 2.75) is 210 Å². The highest BCUT2D eigenvalue weighted by Crippen LogP contribution is 2.37. The number of carbonyl (C=O) groups excluding carboxylic acids is 12. The molecule has 0 unspecified atom stereocenters. The number of piperidine rings is 1. The number of rotatable bonds is 12. The van der Waals surface area contributed by atoms with Gasteiger partial charge < -0.3 is 60.0 Å². The Bertz CT molecular complexity index is 3760. The van der Waals surface area contributed by atoms with Crippen LogP contribution in [0.4, 0.5) is 35.1 Å². The summed E-state index contributed by atoms with van der Waals surface area (Å²) in [5.74, 6) is -15.3. The van der Waals surface area contributed by atoms with Gasteiger partial charge in [-0.1, -0.05) is 95.8 Å². The van der Waals surface area contributed by atoms with Crippen LogP contribution < -0.4 is 16.0 Å². The Morgan fingerprint density at radius 1 is 0.565 bits per heavy atom. The van der Waals surface area contributed by atoms with Gasteiger partial charge in [0.15, 0.2) is 0 Å². The number of nitrogens with one attached hydrogen (secondary N) is 3. The molecule has 12 amide bonds. The molecular formula is C76H102F8N12O12. The van der Waals surface area contributed by atoms with Gasteiger partial charge in [-0.25, -0.2) is 8.78 Å². The van der Waals surface area contributed by atoms with Crippen molar-refractivity contribution in [2.24, 2.45) is 11.8 Å². The van der Waals surface area contributed by atoms with Gasteiger partial charge in [-0.05, 0) is 118 Å². The largest absolute Gasteiger partial charge is 0.422 e. The number of alkyl halides is 6. The highest BCUT2D eigenvalue weighted by atomic mass is 19.4. The van der Waals surface area contributed by atoms with Crippen molar-refractivity contribution in [2.75, 3.05) is 75.5 Å². The quantitative estimate of drug-likeness (QED) is 0.167. The molecule has 594 valence electrons. The fourth-order valence-corrected chi connectivity index (χ4v) is 14.5. The van der Waals surface area contributed by atoms with Gasteiger partial charge in [0.2, 0.25) is 70.9 Å². The zero-order chi connectivity index (χ0) is 80.4. The van der Waals surface area contributed by atoms with Crippen LogP contribution in [0.3, 0.4) is 0 Å². The van der Waals surface area contributed by atoms with Crippen molar-refractivity contribution in [3.63, 3.8) is 0 Å². The number of aryl methyl sites for hydroxylation is 1. The molecular weight excluding hydrogens is 1420 g/mol. The van der Waals surface area contributed by atoms with Gasteiger partial charge in [0.05, 0.1) is 18.5 Å². The molecule has 3 aromatic rings. The molecule has 3 N–H and O–H groups in total. The minimum absolute atomic E-state index is 0.0126. The van der Waals surface area contributed by atoms with Gasteiger partial charge in [-0.3, -0.25) is 57.5 Å². The first kappa shape index (κ1) is 86.0. The first-order chi connectivity index (χ1) is 50.6. The summed E-state index contributed by atoms with van der Waals surface area (Å²) >= 11 is 0. The smallest absolute Gasteiger partial charge is 0.343 e. The van der Waals surface area contributed by atoms with E-state index in [4.69, 9.17) is 0 Å². The van der Waals surface area contributed by atoms with Gasteiger partial charge in [0, 0.05) is 81.8 Å². The molecule has 3 saturated heterocycles. The van der Waals surface area contributed by atoms with Crippen LogP contribution in [0.5, 0.6) is 0 Å². The lowest BCUT2D eigenvalue weighted by Gasteiger charge is -2.45. The number of carbonyl (C=O) groups is 12. The second kappa shape index (κ2) is 36.3. The molecule has 1 aliphatic carbocycles. The van der Waals surface area contributed by atoms with Crippen molar-refractivity contribution in [3.8, 4) is 0 Å². The molecule has 0 radical (unpaired) electrons. The Balaban J connectivity index is 1.35. The minimum atomic E-state index is -5.46. The van der Waals surface area contributed by atoms with E-state index in [1.807, 2.05) is 0 Å². The van der Waals surface area contributed by atoms with E-state index in [1.165, 1.54) is 61.0 Å². The lowest BCUT2D eigenvalue weighted by atomic mass is 9.90. The maximum absolute atomic E-state index is 15.7. The number of likely N-dealkylation sites (N-methyl/N-ethyl adjacent to an activating group) is 7. The number of halogens is 8. The number of hydrogen-bond donors (Lipinski definition) is 3. The van der Waals surface area contributed by atoms with Crippen LogP contribution in [0.2, 0.25) is 0 Å². The number of hydrogen-bond acceptors (Lipinski definition) is 12. The van der Waals surface area contributed by atoms with Crippen LogP contribution in [-0.4, -0.2) is 250 Å². The summed E-state index contributed by atoms with van der Waals surface area (Å²) in [6, 6.07) is -0.529. The predicted molar refractivity (Wildman–Crippen MR) is 381 cm³/mol. The molecule has 1 spiro atoms. The fourth-order valence-electron chi connectivity index (χ4n) is 14.5. The van der Waals surface area contributed by atoms with Crippen molar-refractivity contribution in [3.05, 3.63) is 106 Å². The number of amides is 12. The summed E-state index contributed by atoms with van der Waals surface area (Å²) in [5, 5.41) is 8.23. The number of likely N-dealkylation sites (tertiary alicyclic amines) is 1. The second-order valence-corrected chi connectivity index (χ2v) is 29.4. The molecule has 0 bridgehead atoms. The van der Waals surface area contributed by atoms with E-state index < -0.39 is 216 Å². The normalized spacial score (nSPS) is 25.4. The standard InChI is InChI=1S/C76H102F8N12O12/c1-14-44(3)62-71(106)90(9)47(6)66(101)96-37-32-55(96)69(104)92(11)57(41-49-26-29-51(30-27-49)75(79,80)81)68(103)88(7)43-59(97)85-54(31-28-50-38-52(77)61(53(78)39-50)76(82,83)84)67(102)91(10)56(40-48-24-18-16-19-25-48)65(100)87-74(33-20-21-34-74)73(108)94(13)63(45(4)15-2)72(107)93(12)58(70(105)95-35-22-17-23-36-95)42-60(98)89(8)46(5)64(99)86-62/h16,18-19,24-27,29-30,38-39,44-47,54-58,62-63H,14-15,17,20-23,28,31-37,40-43H2,1-13H3,(H,85,97)(H,86,99)(H,87,100)/t44-,45-,46-,47-,54-,55-,56+,57-,58-,62-,63-/m0/s1. The van der Waals surface area contributed by atoms with Crippen LogP contribution in [0, 0.1) is 23.5 Å². The van der Waals surface area contributed by atoms with E-state index in [9.17, 15) is 59.9 Å². The van der Waals surface area contributed by atoms with Gasteiger partial charge in [0.1, 0.15) is 77.1 Å². The molecule has 108 heavy (non-hydrogen) atoms. The zero-order valence-corrected chi connectivity index (χ0v) is 63.6. The topological polar surface area (TPSA) is 270 Å². The van der Waals surface area contributed by atoms with E-state index in [0.29, 0.717) is 62.9 Å². The molecule has 4 aliphatic rings. The zero-order valence-electron chi connectivity index (χ0n) is 63.6. The molecule has 32 heteroatoms. The third-order valence-corrected chi connectivity index (χ3v) is 22.2. The van der Waals surface area contributed by atoms with Crippen LogP contribution in [-0.2, 0) is 89.1 Å². The van der Waals surface area contributed by atoms with Gasteiger partial charge in [0.25, 0.3) is 0 Å². The van der Waals surface area contributed by atoms with Crippen LogP contribution in [0.1, 0.15) is 146 Å². The fraction of sp³-hybridized carbons (Fsp3) is 0.605. The number of nitrogens with zero attached hydrogens (tertiary/aromatic N) is 9. The van der Waals surface area contributed by atoms with E-state index >= 15 is 32.8 Å². The van der Waals surface area contributed by atoms with Crippen molar-refractivity contribution in [1.29, 1.82) is 0 Å². The maximum Gasteiger partial charge on any atom is 0.422 e. The van der Waals surface area contributed by atoms with Crippen molar-refractivity contribution < 1.29 is 92.7 Å². The lowest BCUT2D eigenvalue weighted by Crippen LogP contribution is -2.65. The third kappa shape index (κ3) is 20.0. The number of fused-ring (bicyclic) bond motifs is 1. The summed E-state index contributed by atoms with van der Waals surface area (Å²) in [6.07, 6.45) is -9.44. The Hall–Kier alpha value is -9.26. The molecule has 7 rings (SSSR count). The van der Waals surface area contributed by atoms with E-state index in [1.54, 1.807) is 62.9 Å². The monoisotopic (exact) mass is 1530 g/mol. The molecule has 4 fully saturated rings. The van der Waals surface area contributed by atoms with Crippen LogP contribution >= 0.6 is 0 Å². The van der Waals surface area contributed by atoms with Gasteiger partial charge in [-0.15, -0.1) is 0 Å². The summed E-state index contributed by atoms with van der Waals surface area (Å²) in [6.45, 7) is 9.33. The number of benzene rings is 3. The van der Waals surface area contributed by atoms with Gasteiger partial charge in [-0.2, -0.15) is 26.3 Å². The molecule has 11 atom stereocenters. The SMILES string of the molecule is CC[C@H](C)[C@@H]1NC(=O)[C@H](C)N(C)C(=O)C[C@@H](C(=O)N2CCCCC2)N(C)C(=O)[C@H]([C@@H](C)CC)N(C)C(=O)C2(CCCC2)NC(=O)[C@@H](Cc2ccccc2)N(C)C(=O)[C@H](CCc2cc(F)c(C(F)(F)F)c(F)c2)NC(=O)CN(C)C(=O)[C@H](Cc2ccc(C(F)(F)F)cc2)N(C)C(=O)[C@@H]2CCN2C(=O)[C@H](C)N(C)C1=O. The highest BCUT2D eigenvalue weighted by molar-refractivity contribution is 6.01. The molecule has 0 aromatic heterocycles. The first-order valence-electron chi connectivity index (χ1n) is 36.7. The van der Waals surface area contributed by atoms with E-state index in [2.05, 4.69) is 16.0 Å². The molecule has 24 nitrogen and oxygen atoms in total. The summed E-state index contributed by atoms with van der Waals surface area (Å²) in [7, 11) is 8.87.